The van der Waals surface area contributed by atoms with Crippen molar-refractivity contribution in [3.63, 3.8) is 0 Å². The standard InChI is InChI=1S/C20H27N5O4S/c1-12(2)22-20(26)29-16-6-3-13(4-7-16)17-10-19(25-24-17)23-15-5-8-18-14(9-15)11-21-30(18,27)28/h5,8-10,12-13,16,21H,3-4,6-7,11H2,1-2H3,(H,22,26)(H2,23,24,25). The Morgan fingerprint density at radius 1 is 1.20 bits per heavy atom. The normalized spacial score (nSPS) is 22.5. The van der Waals surface area contributed by atoms with E-state index in [9.17, 15) is 13.2 Å². The summed E-state index contributed by atoms with van der Waals surface area (Å²) in [6.45, 7) is 4.12. The van der Waals surface area contributed by atoms with Gasteiger partial charge in [-0.1, -0.05) is 0 Å². The SMILES string of the molecule is CC(C)NC(=O)OC1CCC(c2cc(Nc3ccc4c(c3)CNS4(=O)=O)n[nH]2)CC1. The maximum Gasteiger partial charge on any atom is 0.407 e. The zero-order valence-corrected chi connectivity index (χ0v) is 17.9. The van der Waals surface area contributed by atoms with Crippen molar-refractivity contribution in [2.45, 2.75) is 69.0 Å². The van der Waals surface area contributed by atoms with Gasteiger partial charge in [-0.2, -0.15) is 5.10 Å². The fraction of sp³-hybridized carbons (Fsp3) is 0.500. The third-order valence-electron chi connectivity index (χ3n) is 5.47. The van der Waals surface area contributed by atoms with E-state index in [2.05, 4.69) is 25.6 Å². The average Bonchev–Trinajstić information content (AvgIpc) is 3.26. The molecule has 1 amide bonds. The van der Waals surface area contributed by atoms with Gasteiger partial charge in [-0.25, -0.2) is 17.9 Å². The molecule has 2 aliphatic rings. The molecule has 1 aromatic heterocycles. The molecule has 0 radical (unpaired) electrons. The monoisotopic (exact) mass is 433 g/mol. The van der Waals surface area contributed by atoms with E-state index >= 15 is 0 Å². The van der Waals surface area contributed by atoms with Crippen molar-refractivity contribution < 1.29 is 17.9 Å². The summed E-state index contributed by atoms with van der Waals surface area (Å²) in [5, 5.41) is 13.4. The molecule has 162 valence electrons. The van der Waals surface area contributed by atoms with Gasteiger partial charge >= 0.3 is 6.09 Å². The summed E-state index contributed by atoms with van der Waals surface area (Å²) in [7, 11) is -3.36. The van der Waals surface area contributed by atoms with Gasteiger partial charge in [-0.3, -0.25) is 5.10 Å². The lowest BCUT2D eigenvalue weighted by molar-refractivity contribution is 0.0697. The van der Waals surface area contributed by atoms with Crippen molar-refractivity contribution in [1.82, 2.24) is 20.2 Å². The van der Waals surface area contributed by atoms with Crippen molar-refractivity contribution >= 4 is 27.6 Å². The average molecular weight is 434 g/mol. The summed E-state index contributed by atoms with van der Waals surface area (Å²) in [4.78, 5) is 12.1. The van der Waals surface area contributed by atoms with Gasteiger partial charge in [-0.15, -0.1) is 0 Å². The van der Waals surface area contributed by atoms with E-state index in [1.54, 1.807) is 12.1 Å². The Morgan fingerprint density at radius 3 is 2.70 bits per heavy atom. The highest BCUT2D eigenvalue weighted by Gasteiger charge is 2.27. The Bertz CT molecular complexity index is 1030. The number of anilines is 2. The van der Waals surface area contributed by atoms with Crippen LogP contribution in [0.25, 0.3) is 0 Å². The zero-order valence-electron chi connectivity index (χ0n) is 17.1. The number of nitrogens with one attached hydrogen (secondary N) is 4. The van der Waals surface area contributed by atoms with Crippen LogP contribution in [0.3, 0.4) is 0 Å². The number of carbonyl (C=O) groups is 1. The van der Waals surface area contributed by atoms with E-state index in [0.717, 1.165) is 42.6 Å². The van der Waals surface area contributed by atoms with Crippen LogP contribution in [-0.2, 0) is 21.3 Å². The summed E-state index contributed by atoms with van der Waals surface area (Å²) in [6.07, 6.45) is 3.09. The van der Waals surface area contributed by atoms with Crippen LogP contribution in [-0.4, -0.2) is 36.9 Å². The van der Waals surface area contributed by atoms with Crippen molar-refractivity contribution in [3.8, 4) is 0 Å². The van der Waals surface area contributed by atoms with Gasteiger partial charge in [0.15, 0.2) is 5.82 Å². The lowest BCUT2D eigenvalue weighted by Crippen LogP contribution is -2.34. The largest absolute Gasteiger partial charge is 0.446 e. The number of ether oxygens (including phenoxy) is 1. The van der Waals surface area contributed by atoms with Crippen LogP contribution in [0.2, 0.25) is 0 Å². The topological polar surface area (TPSA) is 125 Å². The second-order valence-electron chi connectivity index (χ2n) is 8.16. The summed E-state index contributed by atoms with van der Waals surface area (Å²) in [5.41, 5.74) is 2.59. The highest BCUT2D eigenvalue weighted by molar-refractivity contribution is 7.89. The fourth-order valence-electron chi connectivity index (χ4n) is 3.98. The van der Waals surface area contributed by atoms with Crippen molar-refractivity contribution in [2.24, 2.45) is 0 Å². The summed E-state index contributed by atoms with van der Waals surface area (Å²) in [5.74, 6) is 1.03. The lowest BCUT2D eigenvalue weighted by atomic mass is 9.85. The van der Waals surface area contributed by atoms with Crippen LogP contribution in [0.4, 0.5) is 16.3 Å². The number of H-pyrrole nitrogens is 1. The number of hydrogen-bond acceptors (Lipinski definition) is 6. The minimum Gasteiger partial charge on any atom is -0.446 e. The van der Waals surface area contributed by atoms with Gasteiger partial charge in [0.05, 0.1) is 4.90 Å². The number of sulfonamides is 1. The zero-order chi connectivity index (χ0) is 21.3. The van der Waals surface area contributed by atoms with Gasteiger partial charge in [0.1, 0.15) is 6.10 Å². The van der Waals surface area contributed by atoms with Gasteiger partial charge in [0, 0.05) is 36.0 Å². The smallest absolute Gasteiger partial charge is 0.407 e. The Kier molecular flexibility index (Phi) is 5.70. The van der Waals surface area contributed by atoms with Crippen LogP contribution in [0.15, 0.2) is 29.2 Å². The molecule has 0 saturated heterocycles. The number of alkyl carbamates (subject to hydrolysis) is 1. The molecule has 1 saturated carbocycles. The van der Waals surface area contributed by atoms with Gasteiger partial charge in [0.2, 0.25) is 10.0 Å². The highest BCUT2D eigenvalue weighted by atomic mass is 32.2. The number of amides is 1. The van der Waals surface area contributed by atoms with Gasteiger partial charge in [0.25, 0.3) is 0 Å². The maximum absolute atomic E-state index is 11.9. The molecule has 1 fully saturated rings. The fourth-order valence-corrected chi connectivity index (χ4v) is 5.20. The Morgan fingerprint density at radius 2 is 1.97 bits per heavy atom. The molecule has 9 nitrogen and oxygen atoms in total. The molecule has 0 unspecified atom stereocenters. The van der Waals surface area contributed by atoms with E-state index in [0.29, 0.717) is 23.2 Å². The number of benzene rings is 1. The molecule has 2 heterocycles. The highest BCUT2D eigenvalue weighted by Crippen LogP contribution is 2.34. The van der Waals surface area contributed by atoms with E-state index in [-0.39, 0.29) is 18.2 Å². The summed E-state index contributed by atoms with van der Waals surface area (Å²) >= 11 is 0. The molecule has 2 aromatic rings. The van der Waals surface area contributed by atoms with E-state index < -0.39 is 10.0 Å². The number of aromatic amines is 1. The molecule has 0 bridgehead atoms. The number of carbonyl (C=O) groups excluding carboxylic acids is 1. The maximum atomic E-state index is 11.9. The van der Waals surface area contributed by atoms with E-state index in [1.807, 2.05) is 26.0 Å². The van der Waals surface area contributed by atoms with Crippen LogP contribution < -0.4 is 15.4 Å². The van der Waals surface area contributed by atoms with Gasteiger partial charge in [-0.05, 0) is 63.3 Å². The van der Waals surface area contributed by atoms with E-state index in [1.165, 1.54) is 0 Å². The molecule has 30 heavy (non-hydrogen) atoms. The van der Waals surface area contributed by atoms with Crippen molar-refractivity contribution in [1.29, 1.82) is 0 Å². The Balaban J connectivity index is 1.33. The second-order valence-corrected chi connectivity index (χ2v) is 9.89. The van der Waals surface area contributed by atoms with Crippen LogP contribution in [0, 0.1) is 0 Å². The molecule has 0 atom stereocenters. The first-order valence-corrected chi connectivity index (χ1v) is 11.7. The lowest BCUT2D eigenvalue weighted by Gasteiger charge is -2.27. The van der Waals surface area contributed by atoms with Crippen molar-refractivity contribution in [2.75, 3.05) is 5.32 Å². The number of aromatic nitrogens is 2. The van der Waals surface area contributed by atoms with Crippen molar-refractivity contribution in [3.05, 3.63) is 35.5 Å². The molecule has 4 N–H and O–H groups in total. The second kappa shape index (κ2) is 8.27. The number of hydrogen-bond donors (Lipinski definition) is 4. The first kappa shape index (κ1) is 20.7. The first-order chi connectivity index (χ1) is 14.3. The molecule has 10 heteroatoms. The molecule has 1 aliphatic carbocycles. The number of nitrogens with zero attached hydrogens (tertiary/aromatic N) is 1. The van der Waals surface area contributed by atoms with Crippen LogP contribution in [0.1, 0.15) is 56.7 Å². The van der Waals surface area contributed by atoms with E-state index in [4.69, 9.17) is 4.74 Å². The van der Waals surface area contributed by atoms with Gasteiger partial charge < -0.3 is 15.4 Å². The predicted octanol–water partition coefficient (Wildman–Crippen LogP) is 3.11. The number of rotatable bonds is 5. The molecular weight excluding hydrogens is 406 g/mol. The third kappa shape index (κ3) is 4.59. The third-order valence-corrected chi connectivity index (χ3v) is 6.97. The molecule has 1 aromatic carbocycles. The Labute approximate surface area is 176 Å². The predicted molar refractivity (Wildman–Crippen MR) is 112 cm³/mol. The Hall–Kier alpha value is -2.59. The summed E-state index contributed by atoms with van der Waals surface area (Å²) in [6, 6.07) is 7.22. The molecule has 0 spiro atoms. The minimum atomic E-state index is -3.36. The first-order valence-electron chi connectivity index (χ1n) is 10.2. The molecule has 4 rings (SSSR count). The van der Waals surface area contributed by atoms with Crippen LogP contribution in [0.5, 0.6) is 0 Å². The molecule has 1 aliphatic heterocycles. The quantitative estimate of drug-likeness (QED) is 0.574. The minimum absolute atomic E-state index is 0.0446. The summed E-state index contributed by atoms with van der Waals surface area (Å²) < 4.78 is 31.7. The van der Waals surface area contributed by atoms with Crippen LogP contribution >= 0.6 is 0 Å². The molecular formula is C20H27N5O4S. The number of fused-ring (bicyclic) bond motifs is 1.